The molecule has 2 rings (SSSR count). The molecule has 9 heteroatoms. The highest BCUT2D eigenvalue weighted by Crippen LogP contribution is 2.27. The third kappa shape index (κ3) is 7.28. The van der Waals surface area contributed by atoms with Gasteiger partial charge in [0.05, 0.1) is 7.11 Å². The van der Waals surface area contributed by atoms with Gasteiger partial charge < -0.3 is 14.8 Å². The molecule has 0 saturated carbocycles. The molecule has 0 spiro atoms. The lowest BCUT2D eigenvalue weighted by molar-refractivity contribution is -0.122. The molecular formula is C21H27ClN2O5S. The maximum absolute atomic E-state index is 13.0. The molecule has 0 radical (unpaired) electrons. The number of hydrogen-bond acceptors (Lipinski definition) is 5. The normalized spacial score (nSPS) is 12.4. The first-order valence-corrected chi connectivity index (χ1v) is 11.5. The zero-order valence-electron chi connectivity index (χ0n) is 17.1. The number of halogens is 1. The average molecular weight is 455 g/mol. The van der Waals surface area contributed by atoms with Crippen LogP contribution < -0.4 is 14.8 Å². The molecule has 2 N–H and O–H groups in total. The first-order chi connectivity index (χ1) is 14.4. The summed E-state index contributed by atoms with van der Waals surface area (Å²) in [6, 6.07) is 12.5. The highest BCUT2D eigenvalue weighted by Gasteiger charge is 2.28. The van der Waals surface area contributed by atoms with Crippen molar-refractivity contribution in [2.75, 3.05) is 26.9 Å². The van der Waals surface area contributed by atoms with Crippen LogP contribution in [0.2, 0.25) is 5.02 Å². The van der Waals surface area contributed by atoms with Gasteiger partial charge in [-0.05, 0) is 43.5 Å². The van der Waals surface area contributed by atoms with Crippen molar-refractivity contribution < 1.29 is 22.7 Å². The molecular weight excluding hydrogens is 428 g/mol. The topological polar surface area (TPSA) is 93.7 Å². The van der Waals surface area contributed by atoms with Crippen LogP contribution >= 0.6 is 11.6 Å². The minimum Gasteiger partial charge on any atom is -0.495 e. The van der Waals surface area contributed by atoms with Crippen LogP contribution in [0.25, 0.3) is 0 Å². The Bertz CT molecular complexity index is 922. The minimum atomic E-state index is -4.07. The number of amides is 1. The first-order valence-electron chi connectivity index (χ1n) is 9.62. The number of rotatable bonds is 12. The lowest BCUT2D eigenvalue weighted by Crippen LogP contribution is -2.48. The molecule has 0 heterocycles. The van der Waals surface area contributed by atoms with Gasteiger partial charge in [-0.25, -0.2) is 8.42 Å². The lowest BCUT2D eigenvalue weighted by Gasteiger charge is -2.20. The Labute approximate surface area is 182 Å². The Balaban J connectivity index is 2.21. The lowest BCUT2D eigenvalue weighted by atomic mass is 10.1. The molecule has 0 aliphatic rings. The third-order valence-corrected chi connectivity index (χ3v) is 6.01. The fourth-order valence-electron chi connectivity index (χ4n) is 2.80. The van der Waals surface area contributed by atoms with E-state index in [2.05, 4.69) is 10.0 Å². The Hall–Kier alpha value is -2.13. The molecule has 1 amide bonds. The van der Waals surface area contributed by atoms with Crippen LogP contribution in [0, 0.1) is 0 Å². The Morgan fingerprint density at radius 1 is 1.17 bits per heavy atom. The van der Waals surface area contributed by atoms with Crippen LogP contribution in [0.3, 0.4) is 0 Å². The number of benzene rings is 2. The van der Waals surface area contributed by atoms with Crippen molar-refractivity contribution in [1.82, 2.24) is 10.0 Å². The number of hydrogen-bond donors (Lipinski definition) is 2. The van der Waals surface area contributed by atoms with Gasteiger partial charge in [-0.15, -0.1) is 0 Å². The van der Waals surface area contributed by atoms with E-state index in [1.54, 1.807) is 0 Å². The molecule has 0 saturated heterocycles. The summed E-state index contributed by atoms with van der Waals surface area (Å²) >= 11 is 5.98. The summed E-state index contributed by atoms with van der Waals surface area (Å²) in [6.07, 6.45) is 0.826. The van der Waals surface area contributed by atoms with E-state index in [0.717, 1.165) is 5.56 Å². The maximum atomic E-state index is 13.0. The number of carbonyl (C=O) groups excluding carboxylic acids is 1. The molecule has 7 nitrogen and oxygen atoms in total. The fourth-order valence-corrected chi connectivity index (χ4v) is 4.43. The smallest absolute Gasteiger partial charge is 0.245 e. The molecule has 0 unspecified atom stereocenters. The highest BCUT2D eigenvalue weighted by atomic mass is 35.5. The second-order valence-corrected chi connectivity index (χ2v) is 8.62. The summed E-state index contributed by atoms with van der Waals surface area (Å²) in [5, 5.41) is 3.02. The van der Waals surface area contributed by atoms with E-state index in [-0.39, 0.29) is 22.1 Å². The van der Waals surface area contributed by atoms with Gasteiger partial charge in [0.1, 0.15) is 16.7 Å². The molecule has 30 heavy (non-hydrogen) atoms. The van der Waals surface area contributed by atoms with E-state index >= 15 is 0 Å². The van der Waals surface area contributed by atoms with Crippen molar-refractivity contribution >= 4 is 27.5 Å². The molecule has 164 valence electrons. The van der Waals surface area contributed by atoms with Crippen molar-refractivity contribution in [2.24, 2.45) is 0 Å². The number of nitrogens with one attached hydrogen (secondary N) is 2. The molecule has 2 aromatic rings. The van der Waals surface area contributed by atoms with E-state index in [4.69, 9.17) is 21.1 Å². The Kier molecular flexibility index (Phi) is 9.58. The summed E-state index contributed by atoms with van der Waals surface area (Å²) in [7, 11) is -2.70. The van der Waals surface area contributed by atoms with Crippen molar-refractivity contribution in [3.05, 3.63) is 59.1 Å². The molecule has 0 aromatic heterocycles. The largest absolute Gasteiger partial charge is 0.495 e. The number of ether oxygens (including phenoxy) is 2. The number of carbonyl (C=O) groups is 1. The van der Waals surface area contributed by atoms with Gasteiger partial charge in [0, 0.05) is 24.8 Å². The SMILES string of the molecule is CCOCCCNC(=O)[C@@H](Cc1ccccc1)NS(=O)(=O)c1cc(Cl)ccc1OC. The molecule has 2 aromatic carbocycles. The van der Waals surface area contributed by atoms with Gasteiger partial charge in [-0.1, -0.05) is 41.9 Å². The van der Waals surface area contributed by atoms with Crippen molar-refractivity contribution in [2.45, 2.75) is 30.7 Å². The quantitative estimate of drug-likeness (QED) is 0.481. The van der Waals surface area contributed by atoms with Crippen molar-refractivity contribution in [1.29, 1.82) is 0 Å². The summed E-state index contributed by atoms with van der Waals surface area (Å²) < 4.78 is 39.0. The summed E-state index contributed by atoms with van der Waals surface area (Å²) in [6.45, 7) is 3.40. The van der Waals surface area contributed by atoms with E-state index < -0.39 is 22.0 Å². The Morgan fingerprint density at radius 3 is 2.57 bits per heavy atom. The minimum absolute atomic E-state index is 0.125. The summed E-state index contributed by atoms with van der Waals surface area (Å²) in [5.74, 6) is -0.276. The standard InChI is InChI=1S/C21H27ClN2O5S/c1-3-29-13-7-12-23-21(25)18(14-16-8-5-4-6-9-16)24-30(26,27)20-15-17(22)10-11-19(20)28-2/h4-6,8-11,15,18,24H,3,7,12-14H2,1-2H3,(H,23,25)/t18-/m1/s1. The summed E-state index contributed by atoms with van der Waals surface area (Å²) in [5.41, 5.74) is 0.827. The van der Waals surface area contributed by atoms with Gasteiger partial charge in [-0.3, -0.25) is 4.79 Å². The fraction of sp³-hybridized carbons (Fsp3) is 0.381. The highest BCUT2D eigenvalue weighted by molar-refractivity contribution is 7.89. The van der Waals surface area contributed by atoms with Gasteiger partial charge in [0.15, 0.2) is 0 Å². The van der Waals surface area contributed by atoms with Crippen molar-refractivity contribution in [3.8, 4) is 5.75 Å². The molecule has 0 aliphatic heterocycles. The van der Waals surface area contributed by atoms with Crippen LogP contribution in [-0.4, -0.2) is 47.2 Å². The van der Waals surface area contributed by atoms with Gasteiger partial charge in [0.2, 0.25) is 15.9 Å². The molecule has 0 bridgehead atoms. The van der Waals surface area contributed by atoms with Gasteiger partial charge >= 0.3 is 0 Å². The van der Waals surface area contributed by atoms with Crippen LogP contribution in [0.15, 0.2) is 53.4 Å². The number of methoxy groups -OCH3 is 1. The predicted molar refractivity (Wildman–Crippen MR) is 116 cm³/mol. The van der Waals surface area contributed by atoms with E-state index in [9.17, 15) is 13.2 Å². The predicted octanol–water partition coefficient (Wildman–Crippen LogP) is 2.78. The number of sulfonamides is 1. The zero-order valence-corrected chi connectivity index (χ0v) is 18.6. The average Bonchev–Trinajstić information content (AvgIpc) is 2.73. The van der Waals surface area contributed by atoms with Crippen LogP contribution in [0.5, 0.6) is 5.75 Å². The van der Waals surface area contributed by atoms with Crippen LogP contribution in [-0.2, 0) is 26.0 Å². The molecule has 0 fully saturated rings. The zero-order chi connectivity index (χ0) is 22.0. The van der Waals surface area contributed by atoms with Gasteiger partial charge in [0.25, 0.3) is 0 Å². The second-order valence-electron chi connectivity index (χ2n) is 6.50. The van der Waals surface area contributed by atoms with Gasteiger partial charge in [-0.2, -0.15) is 4.72 Å². The molecule has 1 atom stereocenters. The summed E-state index contributed by atoms with van der Waals surface area (Å²) in [4.78, 5) is 12.6. The van der Waals surface area contributed by atoms with E-state index in [0.29, 0.717) is 26.2 Å². The van der Waals surface area contributed by atoms with Crippen molar-refractivity contribution in [3.63, 3.8) is 0 Å². The van der Waals surface area contributed by atoms with E-state index in [1.807, 2.05) is 37.3 Å². The monoisotopic (exact) mass is 454 g/mol. The first kappa shape index (κ1) is 24.1. The second kappa shape index (κ2) is 11.9. The van der Waals surface area contributed by atoms with Crippen LogP contribution in [0.1, 0.15) is 18.9 Å². The third-order valence-electron chi connectivity index (χ3n) is 4.28. The Morgan fingerprint density at radius 2 is 1.90 bits per heavy atom. The van der Waals surface area contributed by atoms with E-state index in [1.165, 1.54) is 25.3 Å². The van der Waals surface area contributed by atoms with Crippen LogP contribution in [0.4, 0.5) is 0 Å². The molecule has 0 aliphatic carbocycles. The maximum Gasteiger partial charge on any atom is 0.245 e.